The molecule has 0 aromatic heterocycles. The van der Waals surface area contributed by atoms with Crippen LogP contribution in [0.4, 0.5) is 5.69 Å². The molecule has 0 aliphatic carbocycles. The average Bonchev–Trinajstić information content (AvgIpc) is 2.60. The second-order valence-corrected chi connectivity index (χ2v) is 6.28. The number of carbonyl (C=O) groups is 1. The van der Waals surface area contributed by atoms with Gasteiger partial charge in [-0.2, -0.15) is 5.10 Å². The zero-order valence-electron chi connectivity index (χ0n) is 14.8. The van der Waals surface area contributed by atoms with E-state index >= 15 is 0 Å². The Morgan fingerprint density at radius 3 is 2.48 bits per heavy atom. The van der Waals surface area contributed by atoms with Crippen molar-refractivity contribution in [1.29, 1.82) is 0 Å². The fourth-order valence-electron chi connectivity index (χ4n) is 1.94. The second kappa shape index (κ2) is 8.53. The minimum absolute atomic E-state index is 0.0230. The van der Waals surface area contributed by atoms with Gasteiger partial charge in [-0.05, 0) is 61.4 Å². The van der Waals surface area contributed by atoms with E-state index in [9.17, 15) is 4.79 Å². The summed E-state index contributed by atoms with van der Waals surface area (Å²) in [5, 5.41) is 5.07. The van der Waals surface area contributed by atoms with Gasteiger partial charge in [-0.25, -0.2) is 0 Å². The Labute approximate surface area is 153 Å². The van der Waals surface area contributed by atoms with Crippen molar-refractivity contribution >= 4 is 28.9 Å². The van der Waals surface area contributed by atoms with Crippen LogP contribution in [0.15, 0.2) is 47.6 Å². The number of nitrogens with one attached hydrogen (secondary N) is 1. The fraction of sp³-hybridized carbons (Fsp3) is 0.263. The molecule has 1 N–H and O–H groups in total. The van der Waals surface area contributed by atoms with Crippen LogP contribution in [0.1, 0.15) is 18.1 Å². The minimum atomic E-state index is -0.0808. The third kappa shape index (κ3) is 5.50. The topological polar surface area (TPSA) is 53.9 Å². The van der Waals surface area contributed by atoms with Crippen LogP contribution in [0.5, 0.6) is 5.75 Å². The largest absolute Gasteiger partial charge is 0.484 e. The Kier molecular flexibility index (Phi) is 6.42. The van der Waals surface area contributed by atoms with Gasteiger partial charge in [0.1, 0.15) is 5.75 Å². The number of hydrogen-bond donors (Lipinski definition) is 1. The van der Waals surface area contributed by atoms with Crippen molar-refractivity contribution in [2.45, 2.75) is 13.8 Å². The third-order valence-electron chi connectivity index (χ3n) is 3.66. The molecule has 0 heterocycles. The highest BCUT2D eigenvalue weighted by molar-refractivity contribution is 6.31. The van der Waals surface area contributed by atoms with Gasteiger partial charge in [-0.15, -0.1) is 0 Å². The number of rotatable bonds is 6. The normalized spacial score (nSPS) is 11.2. The summed E-state index contributed by atoms with van der Waals surface area (Å²) in [6.07, 6.45) is 0. The summed E-state index contributed by atoms with van der Waals surface area (Å²) in [6, 6.07) is 13.1. The first-order valence-corrected chi connectivity index (χ1v) is 8.24. The quantitative estimate of drug-likeness (QED) is 0.627. The predicted molar refractivity (Wildman–Crippen MR) is 103 cm³/mol. The highest BCUT2D eigenvalue weighted by atomic mass is 35.5. The van der Waals surface area contributed by atoms with E-state index in [1.807, 2.05) is 56.3 Å². The predicted octanol–water partition coefficient (Wildman–Crippen LogP) is 3.95. The Morgan fingerprint density at radius 2 is 1.88 bits per heavy atom. The van der Waals surface area contributed by atoms with Crippen LogP contribution < -0.4 is 10.2 Å². The van der Waals surface area contributed by atoms with Crippen molar-refractivity contribution in [3.63, 3.8) is 0 Å². The van der Waals surface area contributed by atoms with E-state index in [1.54, 1.807) is 14.1 Å². The van der Waals surface area contributed by atoms with E-state index in [-0.39, 0.29) is 12.5 Å². The summed E-state index contributed by atoms with van der Waals surface area (Å²) in [5.41, 5.74) is 6.64. The first-order chi connectivity index (χ1) is 11.9. The van der Waals surface area contributed by atoms with Crippen molar-refractivity contribution in [2.24, 2.45) is 5.10 Å². The maximum atomic E-state index is 11.5. The SMILES string of the molecule is C/C(=N/Nc1ccc(C)c(Cl)c1)c1ccc(OCC(=O)N(C)C)cc1. The number of amides is 1. The molecule has 25 heavy (non-hydrogen) atoms. The number of halogens is 1. The van der Waals surface area contributed by atoms with E-state index in [0.29, 0.717) is 10.8 Å². The summed E-state index contributed by atoms with van der Waals surface area (Å²) >= 11 is 6.11. The van der Waals surface area contributed by atoms with Crippen molar-refractivity contribution in [3.8, 4) is 5.75 Å². The van der Waals surface area contributed by atoms with Gasteiger partial charge in [-0.3, -0.25) is 10.2 Å². The van der Waals surface area contributed by atoms with Crippen LogP contribution in [0.25, 0.3) is 0 Å². The van der Waals surface area contributed by atoms with Crippen molar-refractivity contribution in [3.05, 3.63) is 58.6 Å². The number of aryl methyl sites for hydroxylation is 1. The van der Waals surface area contributed by atoms with Gasteiger partial charge < -0.3 is 9.64 Å². The molecule has 0 saturated heterocycles. The van der Waals surface area contributed by atoms with Gasteiger partial charge in [0.25, 0.3) is 5.91 Å². The number of ether oxygens (including phenoxy) is 1. The third-order valence-corrected chi connectivity index (χ3v) is 4.06. The first-order valence-electron chi connectivity index (χ1n) is 7.86. The standard InChI is InChI=1S/C19H22ClN3O2/c1-13-5-8-16(11-18(13)20)22-21-14(2)15-6-9-17(10-7-15)25-12-19(24)23(3)4/h5-11,22H,12H2,1-4H3/b21-14-. The minimum Gasteiger partial charge on any atom is -0.484 e. The molecule has 6 heteroatoms. The lowest BCUT2D eigenvalue weighted by molar-refractivity contribution is -0.130. The van der Waals surface area contributed by atoms with Crippen LogP contribution in [-0.2, 0) is 4.79 Å². The molecule has 0 saturated carbocycles. The highest BCUT2D eigenvalue weighted by Crippen LogP contribution is 2.20. The molecular formula is C19H22ClN3O2. The number of nitrogens with zero attached hydrogens (tertiary/aromatic N) is 2. The number of hydrogen-bond acceptors (Lipinski definition) is 4. The first kappa shape index (κ1) is 18.8. The van der Waals surface area contributed by atoms with Crippen LogP contribution in [0.3, 0.4) is 0 Å². The van der Waals surface area contributed by atoms with Crippen LogP contribution in [0, 0.1) is 6.92 Å². The molecule has 0 radical (unpaired) electrons. The van der Waals surface area contributed by atoms with Gasteiger partial charge in [0.05, 0.1) is 11.4 Å². The van der Waals surface area contributed by atoms with E-state index < -0.39 is 0 Å². The zero-order chi connectivity index (χ0) is 18.4. The zero-order valence-corrected chi connectivity index (χ0v) is 15.6. The van der Waals surface area contributed by atoms with Gasteiger partial charge in [0.2, 0.25) is 0 Å². The molecule has 1 amide bonds. The molecule has 0 fully saturated rings. The second-order valence-electron chi connectivity index (χ2n) is 5.87. The molecule has 0 bridgehead atoms. The fourth-order valence-corrected chi connectivity index (χ4v) is 2.12. The van der Waals surface area contributed by atoms with E-state index in [1.165, 1.54) is 4.90 Å². The lowest BCUT2D eigenvalue weighted by atomic mass is 10.1. The Bertz CT molecular complexity index is 771. The number of benzene rings is 2. The Balaban J connectivity index is 1.98. The van der Waals surface area contributed by atoms with Crippen LogP contribution in [0.2, 0.25) is 5.02 Å². The summed E-state index contributed by atoms with van der Waals surface area (Å²) in [5.74, 6) is 0.563. The average molecular weight is 360 g/mol. The molecule has 0 aliphatic rings. The monoisotopic (exact) mass is 359 g/mol. The van der Waals surface area contributed by atoms with Crippen molar-refractivity contribution in [2.75, 3.05) is 26.1 Å². The summed E-state index contributed by atoms with van der Waals surface area (Å²) in [6.45, 7) is 3.89. The highest BCUT2D eigenvalue weighted by Gasteiger charge is 2.05. The molecule has 2 aromatic carbocycles. The lowest BCUT2D eigenvalue weighted by Gasteiger charge is -2.11. The number of hydrazone groups is 1. The van der Waals surface area contributed by atoms with Gasteiger partial charge in [-0.1, -0.05) is 17.7 Å². The van der Waals surface area contributed by atoms with Gasteiger partial charge in [0.15, 0.2) is 6.61 Å². The molecule has 0 spiro atoms. The summed E-state index contributed by atoms with van der Waals surface area (Å²) < 4.78 is 5.46. The Morgan fingerprint density at radius 1 is 1.20 bits per heavy atom. The molecular weight excluding hydrogens is 338 g/mol. The van der Waals surface area contributed by atoms with E-state index in [0.717, 1.165) is 22.5 Å². The molecule has 2 aromatic rings. The molecule has 5 nitrogen and oxygen atoms in total. The maximum absolute atomic E-state index is 11.5. The molecule has 0 unspecified atom stereocenters. The lowest BCUT2D eigenvalue weighted by Crippen LogP contribution is -2.27. The molecule has 2 rings (SSSR count). The van der Waals surface area contributed by atoms with Gasteiger partial charge in [0, 0.05) is 19.1 Å². The number of anilines is 1. The van der Waals surface area contributed by atoms with E-state index in [2.05, 4.69) is 10.5 Å². The van der Waals surface area contributed by atoms with Crippen molar-refractivity contribution < 1.29 is 9.53 Å². The maximum Gasteiger partial charge on any atom is 0.259 e. The van der Waals surface area contributed by atoms with E-state index in [4.69, 9.17) is 16.3 Å². The molecule has 0 atom stereocenters. The smallest absolute Gasteiger partial charge is 0.259 e. The Hall–Kier alpha value is -2.53. The molecule has 132 valence electrons. The van der Waals surface area contributed by atoms with Crippen LogP contribution >= 0.6 is 11.6 Å². The van der Waals surface area contributed by atoms with Crippen LogP contribution in [-0.4, -0.2) is 37.2 Å². The molecule has 0 aliphatic heterocycles. The number of likely N-dealkylation sites (N-methyl/N-ethyl adjacent to an activating group) is 1. The van der Waals surface area contributed by atoms with Crippen molar-refractivity contribution in [1.82, 2.24) is 4.90 Å². The summed E-state index contributed by atoms with van der Waals surface area (Å²) in [4.78, 5) is 13.0. The number of carbonyl (C=O) groups excluding carboxylic acids is 1. The van der Waals surface area contributed by atoms with Gasteiger partial charge >= 0.3 is 0 Å². The summed E-state index contributed by atoms with van der Waals surface area (Å²) in [7, 11) is 3.39.